The highest BCUT2D eigenvalue weighted by molar-refractivity contribution is 5.80. The number of hydrogen-bond donors (Lipinski definition) is 1. The lowest BCUT2D eigenvalue weighted by Gasteiger charge is -2.20. The molecule has 1 aliphatic heterocycles. The van der Waals surface area contributed by atoms with Gasteiger partial charge in [-0.05, 0) is 25.5 Å². The van der Waals surface area contributed by atoms with Crippen LogP contribution in [0.25, 0.3) is 0 Å². The van der Waals surface area contributed by atoms with Gasteiger partial charge in [-0.15, -0.1) is 0 Å². The van der Waals surface area contributed by atoms with Gasteiger partial charge in [-0.3, -0.25) is 9.69 Å². The normalized spacial score (nSPS) is 21.7. The zero-order chi connectivity index (χ0) is 10.7. The van der Waals surface area contributed by atoms with Crippen molar-refractivity contribution in [2.45, 2.75) is 25.4 Å². The fourth-order valence-corrected chi connectivity index (χ4v) is 1.96. The molecule has 2 rings (SSSR count). The Morgan fingerprint density at radius 1 is 1.67 bits per heavy atom. The van der Waals surface area contributed by atoms with E-state index in [0.717, 1.165) is 25.1 Å². The fourth-order valence-electron chi connectivity index (χ4n) is 1.96. The second kappa shape index (κ2) is 4.35. The van der Waals surface area contributed by atoms with Gasteiger partial charge < -0.3 is 5.73 Å². The quantitative estimate of drug-likeness (QED) is 0.751. The summed E-state index contributed by atoms with van der Waals surface area (Å²) in [5.41, 5.74) is 6.26. The lowest BCUT2D eigenvalue weighted by molar-refractivity contribution is -0.122. The Morgan fingerprint density at radius 3 is 3.20 bits per heavy atom. The molecular formula is C10H14N4O. The largest absolute Gasteiger partial charge is 0.368 e. The molecule has 1 unspecified atom stereocenters. The third-order valence-corrected chi connectivity index (χ3v) is 2.70. The van der Waals surface area contributed by atoms with Gasteiger partial charge in [0.25, 0.3) is 0 Å². The highest BCUT2D eigenvalue weighted by atomic mass is 16.1. The molecule has 5 heteroatoms. The number of carbonyl (C=O) groups excluding carboxylic acids is 1. The number of nitrogens with two attached hydrogens (primary N) is 1. The van der Waals surface area contributed by atoms with Gasteiger partial charge in [-0.2, -0.15) is 0 Å². The van der Waals surface area contributed by atoms with Crippen LogP contribution in [0.1, 0.15) is 18.5 Å². The Morgan fingerprint density at radius 2 is 2.53 bits per heavy atom. The van der Waals surface area contributed by atoms with Crippen LogP contribution in [0.3, 0.4) is 0 Å². The van der Waals surface area contributed by atoms with Crippen LogP contribution in [0.5, 0.6) is 0 Å². The Labute approximate surface area is 88.3 Å². The van der Waals surface area contributed by atoms with Crippen LogP contribution >= 0.6 is 0 Å². The third-order valence-electron chi connectivity index (χ3n) is 2.70. The van der Waals surface area contributed by atoms with E-state index in [2.05, 4.69) is 14.9 Å². The van der Waals surface area contributed by atoms with E-state index in [1.165, 1.54) is 6.33 Å². The van der Waals surface area contributed by atoms with E-state index in [1.54, 1.807) is 6.20 Å². The molecule has 0 radical (unpaired) electrons. The minimum Gasteiger partial charge on any atom is -0.368 e. The lowest BCUT2D eigenvalue weighted by Crippen LogP contribution is -2.39. The maximum Gasteiger partial charge on any atom is 0.234 e. The Hall–Kier alpha value is -1.49. The van der Waals surface area contributed by atoms with Gasteiger partial charge in [-0.1, -0.05) is 0 Å². The number of aromatic nitrogens is 2. The summed E-state index contributed by atoms with van der Waals surface area (Å²) in [5, 5.41) is 0. The summed E-state index contributed by atoms with van der Waals surface area (Å²) in [7, 11) is 0. The van der Waals surface area contributed by atoms with E-state index in [1.807, 2.05) is 6.07 Å². The van der Waals surface area contributed by atoms with Gasteiger partial charge in [0, 0.05) is 12.7 Å². The molecule has 2 N–H and O–H groups in total. The van der Waals surface area contributed by atoms with Crippen LogP contribution in [0.2, 0.25) is 0 Å². The molecule has 1 fully saturated rings. The van der Waals surface area contributed by atoms with E-state index < -0.39 is 0 Å². The average Bonchev–Trinajstić information content (AvgIpc) is 2.67. The molecule has 1 aliphatic rings. The summed E-state index contributed by atoms with van der Waals surface area (Å²) in [6.45, 7) is 1.59. The smallest absolute Gasteiger partial charge is 0.234 e. The van der Waals surface area contributed by atoms with Crippen molar-refractivity contribution in [3.05, 3.63) is 24.3 Å². The van der Waals surface area contributed by atoms with Crippen LogP contribution in [0.15, 0.2) is 18.6 Å². The van der Waals surface area contributed by atoms with Crippen molar-refractivity contribution in [1.82, 2.24) is 14.9 Å². The molecule has 1 atom stereocenters. The van der Waals surface area contributed by atoms with Crippen molar-refractivity contribution in [2.75, 3.05) is 6.54 Å². The first-order valence-electron chi connectivity index (χ1n) is 5.05. The predicted octanol–water partition coefficient (Wildman–Crippen LogP) is -0.0737. The molecule has 1 aromatic rings. The number of rotatable bonds is 3. The first-order chi connectivity index (χ1) is 7.27. The van der Waals surface area contributed by atoms with Gasteiger partial charge in [-0.25, -0.2) is 9.97 Å². The number of carbonyl (C=O) groups is 1. The Balaban J connectivity index is 2.03. The summed E-state index contributed by atoms with van der Waals surface area (Å²) in [5.74, 6) is -0.235. The molecule has 5 nitrogen and oxygen atoms in total. The zero-order valence-electron chi connectivity index (χ0n) is 8.47. The van der Waals surface area contributed by atoms with Crippen molar-refractivity contribution < 1.29 is 4.79 Å². The Kier molecular flexibility index (Phi) is 2.91. The molecule has 0 saturated carbocycles. The molecule has 1 aromatic heterocycles. The number of amides is 1. The van der Waals surface area contributed by atoms with Crippen LogP contribution in [-0.4, -0.2) is 33.4 Å². The number of likely N-dealkylation sites (tertiary alicyclic amines) is 1. The molecule has 0 bridgehead atoms. The van der Waals surface area contributed by atoms with E-state index in [0.29, 0.717) is 6.54 Å². The van der Waals surface area contributed by atoms with Crippen LogP contribution in [-0.2, 0) is 11.3 Å². The monoisotopic (exact) mass is 206 g/mol. The molecule has 15 heavy (non-hydrogen) atoms. The second-order valence-corrected chi connectivity index (χ2v) is 3.73. The first kappa shape index (κ1) is 10.0. The van der Waals surface area contributed by atoms with Gasteiger partial charge >= 0.3 is 0 Å². The van der Waals surface area contributed by atoms with Crippen molar-refractivity contribution >= 4 is 5.91 Å². The van der Waals surface area contributed by atoms with Crippen LogP contribution in [0.4, 0.5) is 0 Å². The van der Waals surface area contributed by atoms with Gasteiger partial charge in [0.1, 0.15) is 6.33 Å². The third kappa shape index (κ3) is 2.30. The number of nitrogens with zero attached hydrogens (tertiary/aromatic N) is 3. The number of hydrogen-bond acceptors (Lipinski definition) is 4. The first-order valence-corrected chi connectivity index (χ1v) is 5.05. The van der Waals surface area contributed by atoms with Gasteiger partial charge in [0.15, 0.2) is 0 Å². The van der Waals surface area contributed by atoms with Crippen molar-refractivity contribution in [1.29, 1.82) is 0 Å². The molecule has 1 saturated heterocycles. The van der Waals surface area contributed by atoms with E-state index in [4.69, 9.17) is 5.73 Å². The molecular weight excluding hydrogens is 192 g/mol. The fraction of sp³-hybridized carbons (Fsp3) is 0.500. The standard InChI is InChI=1S/C10H14N4O/c11-10(15)9-2-1-5-14(9)6-8-3-4-12-7-13-8/h3-4,7,9H,1-2,5-6H2,(H2,11,15). The second-order valence-electron chi connectivity index (χ2n) is 3.73. The summed E-state index contributed by atoms with van der Waals surface area (Å²) >= 11 is 0. The highest BCUT2D eigenvalue weighted by Crippen LogP contribution is 2.18. The molecule has 0 spiro atoms. The van der Waals surface area contributed by atoms with E-state index >= 15 is 0 Å². The van der Waals surface area contributed by atoms with E-state index in [9.17, 15) is 4.79 Å². The van der Waals surface area contributed by atoms with Gasteiger partial charge in [0.2, 0.25) is 5.91 Å². The van der Waals surface area contributed by atoms with Crippen molar-refractivity contribution in [2.24, 2.45) is 5.73 Å². The van der Waals surface area contributed by atoms with E-state index in [-0.39, 0.29) is 11.9 Å². The van der Waals surface area contributed by atoms with Crippen LogP contribution in [0, 0.1) is 0 Å². The maximum absolute atomic E-state index is 11.2. The minimum absolute atomic E-state index is 0.125. The van der Waals surface area contributed by atoms with Crippen molar-refractivity contribution in [3.63, 3.8) is 0 Å². The molecule has 80 valence electrons. The molecule has 2 heterocycles. The SMILES string of the molecule is NC(=O)C1CCCN1Cc1ccncn1. The maximum atomic E-state index is 11.2. The summed E-state index contributed by atoms with van der Waals surface area (Å²) < 4.78 is 0. The van der Waals surface area contributed by atoms with Gasteiger partial charge in [0.05, 0.1) is 11.7 Å². The summed E-state index contributed by atoms with van der Waals surface area (Å²) in [6.07, 6.45) is 5.11. The van der Waals surface area contributed by atoms with Crippen LogP contribution < -0.4 is 5.73 Å². The average molecular weight is 206 g/mol. The predicted molar refractivity (Wildman–Crippen MR) is 54.7 cm³/mol. The molecule has 1 amide bonds. The summed E-state index contributed by atoms with van der Waals surface area (Å²) in [6, 6.07) is 1.73. The zero-order valence-corrected chi connectivity index (χ0v) is 8.47. The lowest BCUT2D eigenvalue weighted by atomic mass is 10.2. The molecule has 0 aliphatic carbocycles. The van der Waals surface area contributed by atoms with Crippen molar-refractivity contribution in [3.8, 4) is 0 Å². The Bertz CT molecular complexity index is 341. The number of primary amides is 1. The molecule has 0 aromatic carbocycles. The minimum atomic E-state index is -0.235. The highest BCUT2D eigenvalue weighted by Gasteiger charge is 2.28. The summed E-state index contributed by atoms with van der Waals surface area (Å²) in [4.78, 5) is 21.2. The topological polar surface area (TPSA) is 72.1 Å².